The van der Waals surface area contributed by atoms with Crippen LogP contribution in [0.15, 0.2) is 87.8 Å². The smallest absolute Gasteiger partial charge is 0.338 e. The summed E-state index contributed by atoms with van der Waals surface area (Å²) in [6.07, 6.45) is 1.70. The van der Waals surface area contributed by atoms with Crippen LogP contribution in [0.1, 0.15) is 43.5 Å². The Morgan fingerprint density at radius 1 is 1.02 bits per heavy atom. The number of fused-ring (bicyclic) bond motifs is 1. The van der Waals surface area contributed by atoms with Crippen molar-refractivity contribution in [2.75, 3.05) is 20.3 Å². The second-order valence-corrected chi connectivity index (χ2v) is 10.6. The third-order valence-corrected chi connectivity index (χ3v) is 7.85. The van der Waals surface area contributed by atoms with Crippen LogP contribution in [0.25, 0.3) is 6.08 Å². The molecule has 3 aromatic carbocycles. The van der Waals surface area contributed by atoms with Gasteiger partial charge in [0.05, 0.1) is 42.2 Å². The number of carbonyl (C=O) groups is 1. The molecule has 1 aromatic heterocycles. The maximum atomic E-state index is 14.3. The van der Waals surface area contributed by atoms with Gasteiger partial charge in [0.1, 0.15) is 18.2 Å². The number of rotatable bonds is 10. The van der Waals surface area contributed by atoms with Crippen LogP contribution in [0.4, 0.5) is 4.39 Å². The number of nitrogens with zero attached hydrogens (tertiary/aromatic N) is 2. The number of thiazole rings is 1. The standard InChI is InChI=1S/C33H31FN2O6S/c1-5-40-24-16-14-21(15-17-24)29-28(32(38)41-6-2)20(3)35-33-36(29)31(37)27(43-33)18-22-11-9-13-26(39-4)30(22)42-19-23-10-7-8-12-25(23)34/h7-18,29H,5-6,19H2,1-4H3/b27-18-/t29-/m0/s1. The number of aromatic nitrogens is 1. The molecule has 0 aliphatic carbocycles. The van der Waals surface area contributed by atoms with Crippen LogP contribution in [0.3, 0.4) is 0 Å². The summed E-state index contributed by atoms with van der Waals surface area (Å²) in [4.78, 5) is 32.3. The molecule has 43 heavy (non-hydrogen) atoms. The summed E-state index contributed by atoms with van der Waals surface area (Å²) in [5.41, 5.74) is 2.10. The van der Waals surface area contributed by atoms with Gasteiger partial charge >= 0.3 is 5.97 Å². The van der Waals surface area contributed by atoms with Gasteiger partial charge in [-0.2, -0.15) is 0 Å². The Hall–Kier alpha value is -4.70. The van der Waals surface area contributed by atoms with Crippen LogP contribution in [0, 0.1) is 5.82 Å². The van der Waals surface area contributed by atoms with Gasteiger partial charge in [0.25, 0.3) is 5.56 Å². The molecule has 5 rings (SSSR count). The summed E-state index contributed by atoms with van der Waals surface area (Å²) >= 11 is 1.20. The van der Waals surface area contributed by atoms with Crippen LogP contribution < -0.4 is 29.1 Å². The molecule has 0 saturated carbocycles. The molecule has 0 spiro atoms. The van der Waals surface area contributed by atoms with Gasteiger partial charge in [0.2, 0.25) is 0 Å². The third-order valence-electron chi connectivity index (χ3n) is 6.87. The van der Waals surface area contributed by atoms with Crippen LogP contribution in [-0.4, -0.2) is 30.9 Å². The van der Waals surface area contributed by atoms with E-state index in [9.17, 15) is 14.0 Å². The van der Waals surface area contributed by atoms with E-state index in [-0.39, 0.29) is 24.6 Å². The van der Waals surface area contributed by atoms with Crippen molar-refractivity contribution in [3.05, 3.63) is 120 Å². The monoisotopic (exact) mass is 602 g/mol. The first-order valence-electron chi connectivity index (χ1n) is 13.8. The molecule has 10 heteroatoms. The first-order chi connectivity index (χ1) is 20.9. The topological polar surface area (TPSA) is 88.4 Å². The first kappa shape index (κ1) is 29.8. The van der Waals surface area contributed by atoms with Gasteiger partial charge < -0.3 is 18.9 Å². The van der Waals surface area contributed by atoms with E-state index in [4.69, 9.17) is 18.9 Å². The summed E-state index contributed by atoms with van der Waals surface area (Å²) in [5, 5.41) is 0. The molecule has 0 radical (unpaired) electrons. The second-order valence-electron chi connectivity index (χ2n) is 9.56. The maximum Gasteiger partial charge on any atom is 0.338 e. The van der Waals surface area contributed by atoms with E-state index in [1.165, 1.54) is 29.1 Å². The van der Waals surface area contributed by atoms with Crippen LogP contribution >= 0.6 is 11.3 Å². The van der Waals surface area contributed by atoms with E-state index in [0.717, 1.165) is 0 Å². The summed E-state index contributed by atoms with van der Waals surface area (Å²) in [7, 11) is 1.51. The number of esters is 1. The van der Waals surface area contributed by atoms with Crippen LogP contribution in [0.2, 0.25) is 0 Å². The van der Waals surface area contributed by atoms with Gasteiger partial charge in [-0.15, -0.1) is 0 Å². The van der Waals surface area contributed by atoms with Crippen molar-refractivity contribution in [3.8, 4) is 17.2 Å². The number of hydrogen-bond acceptors (Lipinski definition) is 8. The molecular formula is C33H31FN2O6S. The summed E-state index contributed by atoms with van der Waals surface area (Å²) in [6, 6.07) is 18.2. The Labute approximate surface area is 252 Å². The van der Waals surface area contributed by atoms with Crippen molar-refractivity contribution < 1.29 is 28.1 Å². The van der Waals surface area contributed by atoms with Crippen molar-refractivity contribution in [1.29, 1.82) is 0 Å². The van der Waals surface area contributed by atoms with E-state index in [1.807, 2.05) is 31.2 Å². The number of halogens is 1. The lowest BCUT2D eigenvalue weighted by Gasteiger charge is -2.24. The average Bonchev–Trinajstić information content (AvgIpc) is 3.30. The Morgan fingerprint density at radius 2 is 1.79 bits per heavy atom. The van der Waals surface area contributed by atoms with Gasteiger partial charge in [-0.3, -0.25) is 9.36 Å². The lowest BCUT2D eigenvalue weighted by molar-refractivity contribution is -0.139. The molecule has 0 fully saturated rings. The van der Waals surface area contributed by atoms with E-state index >= 15 is 0 Å². The molecule has 0 N–H and O–H groups in total. The highest BCUT2D eigenvalue weighted by molar-refractivity contribution is 7.07. The largest absolute Gasteiger partial charge is 0.494 e. The Morgan fingerprint density at radius 3 is 2.49 bits per heavy atom. The van der Waals surface area contributed by atoms with Gasteiger partial charge in [-0.25, -0.2) is 14.2 Å². The number of methoxy groups -OCH3 is 1. The zero-order valence-corrected chi connectivity index (χ0v) is 25.1. The predicted molar refractivity (Wildman–Crippen MR) is 162 cm³/mol. The molecule has 1 atom stereocenters. The number of para-hydroxylation sites is 1. The van der Waals surface area contributed by atoms with Crippen LogP contribution in [0.5, 0.6) is 17.2 Å². The second kappa shape index (κ2) is 13.1. The normalized spacial score (nSPS) is 14.6. The minimum atomic E-state index is -0.754. The zero-order chi connectivity index (χ0) is 30.5. The lowest BCUT2D eigenvalue weighted by atomic mass is 9.96. The average molecular weight is 603 g/mol. The van der Waals surface area contributed by atoms with Crippen molar-refractivity contribution >= 4 is 23.4 Å². The molecule has 0 bridgehead atoms. The minimum Gasteiger partial charge on any atom is -0.494 e. The number of benzene rings is 3. The van der Waals surface area contributed by atoms with Gasteiger partial charge in [-0.05, 0) is 56.7 Å². The third kappa shape index (κ3) is 6.10. The Balaban J connectivity index is 1.63. The summed E-state index contributed by atoms with van der Waals surface area (Å²) < 4.78 is 38.7. The number of allylic oxidation sites excluding steroid dienone is 1. The van der Waals surface area contributed by atoms with E-state index < -0.39 is 12.0 Å². The van der Waals surface area contributed by atoms with Crippen LogP contribution in [-0.2, 0) is 16.1 Å². The van der Waals surface area contributed by atoms with Gasteiger partial charge in [0, 0.05) is 11.1 Å². The fourth-order valence-corrected chi connectivity index (χ4v) is 5.93. The van der Waals surface area contributed by atoms with E-state index in [0.29, 0.717) is 61.1 Å². The lowest BCUT2D eigenvalue weighted by Crippen LogP contribution is -2.39. The SMILES string of the molecule is CCOC(=O)C1=C(C)N=c2s/c(=C\c3cccc(OC)c3OCc3ccccc3F)c(=O)n2[C@H]1c1ccc(OCC)cc1. The summed E-state index contributed by atoms with van der Waals surface area (Å²) in [6.45, 7) is 6.03. The quantitative estimate of drug-likeness (QED) is 0.240. The number of ether oxygens (including phenoxy) is 4. The fourth-order valence-electron chi connectivity index (χ4n) is 4.89. The highest BCUT2D eigenvalue weighted by Gasteiger charge is 2.33. The number of carbonyl (C=O) groups excluding carboxylic acids is 1. The first-order valence-corrected chi connectivity index (χ1v) is 14.6. The summed E-state index contributed by atoms with van der Waals surface area (Å²) in [5.74, 6) is 0.567. The highest BCUT2D eigenvalue weighted by Crippen LogP contribution is 2.34. The van der Waals surface area contributed by atoms with Crippen molar-refractivity contribution in [2.45, 2.75) is 33.4 Å². The zero-order valence-electron chi connectivity index (χ0n) is 24.3. The van der Waals surface area contributed by atoms with E-state index in [2.05, 4.69) is 4.99 Å². The van der Waals surface area contributed by atoms with Gasteiger partial charge in [0.15, 0.2) is 16.3 Å². The van der Waals surface area contributed by atoms with Crippen molar-refractivity contribution in [3.63, 3.8) is 0 Å². The van der Waals surface area contributed by atoms with Gasteiger partial charge in [-0.1, -0.05) is 53.8 Å². The minimum absolute atomic E-state index is 0.0328. The molecule has 2 heterocycles. The highest BCUT2D eigenvalue weighted by atomic mass is 32.1. The molecule has 1 aliphatic rings. The molecule has 0 amide bonds. The Bertz CT molecular complexity index is 1860. The molecule has 0 unspecified atom stereocenters. The molecular weight excluding hydrogens is 571 g/mol. The van der Waals surface area contributed by atoms with E-state index in [1.54, 1.807) is 56.3 Å². The molecule has 222 valence electrons. The maximum absolute atomic E-state index is 14.3. The molecule has 8 nitrogen and oxygen atoms in total. The van der Waals surface area contributed by atoms with Crippen molar-refractivity contribution in [1.82, 2.24) is 4.57 Å². The predicted octanol–water partition coefficient (Wildman–Crippen LogP) is 4.92. The van der Waals surface area contributed by atoms with Crippen molar-refractivity contribution in [2.24, 2.45) is 4.99 Å². The Kier molecular flexibility index (Phi) is 9.06. The molecule has 1 aliphatic heterocycles. The number of hydrogen-bond donors (Lipinski definition) is 0. The molecule has 4 aromatic rings. The molecule has 0 saturated heterocycles. The fraction of sp³-hybridized carbons (Fsp3) is 0.242.